The Morgan fingerprint density at radius 3 is 2.48 bits per heavy atom. The van der Waals surface area contributed by atoms with E-state index in [-0.39, 0.29) is 29.3 Å². The fourth-order valence-electron chi connectivity index (χ4n) is 4.98. The second kappa shape index (κ2) is 10.2. The molecule has 0 saturated carbocycles. The summed E-state index contributed by atoms with van der Waals surface area (Å²) in [5.74, 6) is 2.04. The van der Waals surface area contributed by atoms with Crippen LogP contribution in [0.2, 0.25) is 0 Å². The van der Waals surface area contributed by atoms with E-state index in [1.54, 1.807) is 6.20 Å². The summed E-state index contributed by atoms with van der Waals surface area (Å²) in [4.78, 5) is 38.3. The lowest BCUT2D eigenvalue weighted by Gasteiger charge is -2.44. The number of hydrogen-bond acceptors (Lipinski definition) is 4. The molecular formula is C24H41N5O2. The number of aromatic nitrogens is 2. The van der Waals surface area contributed by atoms with Gasteiger partial charge in [-0.25, -0.2) is 4.98 Å². The summed E-state index contributed by atoms with van der Waals surface area (Å²) in [6.45, 7) is 13.7. The van der Waals surface area contributed by atoms with E-state index in [9.17, 15) is 9.59 Å². The van der Waals surface area contributed by atoms with Gasteiger partial charge in [0.05, 0.1) is 6.04 Å². The highest BCUT2D eigenvalue weighted by atomic mass is 16.2. The molecule has 1 unspecified atom stereocenters. The van der Waals surface area contributed by atoms with E-state index in [0.717, 1.165) is 57.6 Å². The molecule has 174 valence electrons. The molecule has 3 heterocycles. The van der Waals surface area contributed by atoms with Crippen LogP contribution in [0.3, 0.4) is 0 Å². The van der Waals surface area contributed by atoms with Crippen LogP contribution in [0.4, 0.5) is 0 Å². The minimum Gasteiger partial charge on any atom is -0.349 e. The Labute approximate surface area is 187 Å². The Morgan fingerprint density at radius 1 is 1.19 bits per heavy atom. The quantitative estimate of drug-likeness (QED) is 0.663. The number of carbonyl (C=O) groups excluding carboxylic acids is 2. The van der Waals surface area contributed by atoms with Crippen LogP contribution >= 0.6 is 0 Å². The van der Waals surface area contributed by atoms with Gasteiger partial charge in [-0.05, 0) is 42.9 Å². The van der Waals surface area contributed by atoms with Crippen LogP contribution in [0.1, 0.15) is 66.1 Å². The third-order valence-corrected chi connectivity index (χ3v) is 6.82. The van der Waals surface area contributed by atoms with Crippen molar-refractivity contribution in [3.63, 3.8) is 0 Å². The lowest BCUT2D eigenvalue weighted by atomic mass is 9.77. The molecule has 7 heteroatoms. The number of H-pyrrole nitrogens is 1. The number of piperazine rings is 1. The van der Waals surface area contributed by atoms with Gasteiger partial charge in [-0.15, -0.1) is 0 Å². The van der Waals surface area contributed by atoms with Gasteiger partial charge in [0.2, 0.25) is 11.8 Å². The molecule has 0 spiro atoms. The van der Waals surface area contributed by atoms with Crippen LogP contribution in [0, 0.1) is 17.3 Å². The van der Waals surface area contributed by atoms with Crippen molar-refractivity contribution in [3.05, 3.63) is 18.2 Å². The molecule has 1 aromatic rings. The molecule has 1 aromatic heterocycles. The first-order valence-electron chi connectivity index (χ1n) is 12.0. The maximum Gasteiger partial charge on any atom is 0.245 e. The number of piperidine rings is 1. The Morgan fingerprint density at radius 2 is 1.90 bits per heavy atom. The summed E-state index contributed by atoms with van der Waals surface area (Å²) in [6, 6.07) is -0.521. The number of nitrogens with zero attached hydrogens (tertiary/aromatic N) is 3. The first-order valence-corrected chi connectivity index (χ1v) is 12.0. The van der Waals surface area contributed by atoms with Crippen LogP contribution < -0.4 is 5.32 Å². The first kappa shape index (κ1) is 23.8. The maximum absolute atomic E-state index is 13.6. The zero-order chi connectivity index (χ0) is 22.6. The number of aromatic amines is 1. The number of carbonyl (C=O) groups is 2. The van der Waals surface area contributed by atoms with Crippen LogP contribution in [-0.2, 0) is 16.0 Å². The summed E-state index contributed by atoms with van der Waals surface area (Å²) >= 11 is 0. The average molecular weight is 432 g/mol. The van der Waals surface area contributed by atoms with Gasteiger partial charge in [0.1, 0.15) is 11.9 Å². The van der Waals surface area contributed by atoms with E-state index in [4.69, 9.17) is 0 Å². The van der Waals surface area contributed by atoms with Crippen molar-refractivity contribution in [1.29, 1.82) is 0 Å². The van der Waals surface area contributed by atoms with Crippen LogP contribution in [-0.4, -0.2) is 69.8 Å². The molecule has 2 atom stereocenters. The highest BCUT2D eigenvalue weighted by molar-refractivity contribution is 5.90. The van der Waals surface area contributed by atoms with E-state index in [2.05, 4.69) is 49.9 Å². The Hall–Kier alpha value is -1.89. The van der Waals surface area contributed by atoms with Crippen molar-refractivity contribution in [3.8, 4) is 0 Å². The molecule has 3 rings (SSSR count). The molecule has 2 aliphatic rings. The lowest BCUT2D eigenvalue weighted by molar-refractivity contribution is -0.151. The Bertz CT molecular complexity index is 722. The number of amides is 2. The minimum atomic E-state index is -0.348. The lowest BCUT2D eigenvalue weighted by Crippen LogP contribution is -2.62. The average Bonchev–Trinajstić information content (AvgIpc) is 3.20. The SMILES string of the molecule is CC(C)CC(C(=O)N1CCC(C)(Cc2ncc[nH]2)CC1)N1CCN[C@@H](CC(C)C)C1=O. The van der Waals surface area contributed by atoms with Crippen molar-refractivity contribution >= 4 is 11.8 Å². The molecule has 0 aromatic carbocycles. The van der Waals surface area contributed by atoms with Crippen molar-refractivity contribution in [2.45, 2.75) is 78.8 Å². The molecule has 2 N–H and O–H groups in total. The number of imidazole rings is 1. The summed E-state index contributed by atoms with van der Waals surface area (Å²) in [5, 5.41) is 3.36. The second-order valence-corrected chi connectivity index (χ2v) is 10.7. The minimum absolute atomic E-state index is 0.0959. The first-order chi connectivity index (χ1) is 14.7. The third-order valence-electron chi connectivity index (χ3n) is 6.82. The molecule has 2 amide bonds. The van der Waals surface area contributed by atoms with Gasteiger partial charge in [-0.2, -0.15) is 0 Å². The van der Waals surface area contributed by atoms with Gasteiger partial charge in [-0.1, -0.05) is 34.6 Å². The van der Waals surface area contributed by atoms with Crippen molar-refractivity contribution in [2.75, 3.05) is 26.2 Å². The molecule has 0 radical (unpaired) electrons. The standard InChI is InChI=1S/C24H41N5O2/c1-17(2)14-19-22(30)29(13-10-25-19)20(15-18(3)4)23(31)28-11-6-24(5,7-12-28)16-21-26-8-9-27-21/h8-9,17-20,25H,6-7,10-16H2,1-5H3,(H,26,27)/t19-,20?/m0/s1. The van der Waals surface area contributed by atoms with Crippen molar-refractivity contribution < 1.29 is 9.59 Å². The van der Waals surface area contributed by atoms with Crippen LogP contribution in [0.5, 0.6) is 0 Å². The van der Waals surface area contributed by atoms with Gasteiger partial charge < -0.3 is 20.1 Å². The fourth-order valence-corrected chi connectivity index (χ4v) is 4.98. The number of hydrogen-bond donors (Lipinski definition) is 2. The monoisotopic (exact) mass is 431 g/mol. The van der Waals surface area contributed by atoms with Crippen LogP contribution in [0.15, 0.2) is 12.4 Å². The normalized spacial score (nSPS) is 22.9. The predicted octanol–water partition coefficient (Wildman–Crippen LogP) is 2.84. The van der Waals surface area contributed by atoms with Gasteiger partial charge in [0.15, 0.2) is 0 Å². The molecule has 31 heavy (non-hydrogen) atoms. The summed E-state index contributed by atoms with van der Waals surface area (Å²) in [7, 11) is 0. The van der Waals surface area contributed by atoms with E-state index in [0.29, 0.717) is 18.4 Å². The van der Waals surface area contributed by atoms with Crippen LogP contribution in [0.25, 0.3) is 0 Å². The smallest absolute Gasteiger partial charge is 0.245 e. The van der Waals surface area contributed by atoms with E-state index in [1.165, 1.54) is 0 Å². The van der Waals surface area contributed by atoms with Crippen molar-refractivity contribution in [2.24, 2.45) is 17.3 Å². The summed E-state index contributed by atoms with van der Waals surface area (Å²) in [5.41, 5.74) is 0.148. The molecule has 0 aliphatic carbocycles. The Kier molecular flexibility index (Phi) is 7.78. The number of rotatable bonds is 8. The number of nitrogens with one attached hydrogen (secondary N) is 2. The Balaban J connectivity index is 1.67. The predicted molar refractivity (Wildman–Crippen MR) is 122 cm³/mol. The second-order valence-electron chi connectivity index (χ2n) is 10.7. The van der Waals surface area contributed by atoms with Gasteiger partial charge in [-0.3, -0.25) is 9.59 Å². The van der Waals surface area contributed by atoms with E-state index in [1.807, 2.05) is 16.0 Å². The summed E-state index contributed by atoms with van der Waals surface area (Å²) in [6.07, 6.45) is 8.02. The highest BCUT2D eigenvalue weighted by Gasteiger charge is 2.40. The summed E-state index contributed by atoms with van der Waals surface area (Å²) < 4.78 is 0. The molecule has 7 nitrogen and oxygen atoms in total. The molecule has 2 saturated heterocycles. The van der Waals surface area contributed by atoms with E-state index >= 15 is 0 Å². The number of likely N-dealkylation sites (tertiary alicyclic amines) is 1. The molecule has 2 fully saturated rings. The third kappa shape index (κ3) is 6.09. The zero-order valence-corrected chi connectivity index (χ0v) is 20.0. The largest absolute Gasteiger partial charge is 0.349 e. The van der Waals surface area contributed by atoms with E-state index < -0.39 is 0 Å². The van der Waals surface area contributed by atoms with Crippen molar-refractivity contribution in [1.82, 2.24) is 25.1 Å². The van der Waals surface area contributed by atoms with Gasteiger partial charge >= 0.3 is 0 Å². The highest BCUT2D eigenvalue weighted by Crippen LogP contribution is 2.34. The zero-order valence-electron chi connectivity index (χ0n) is 20.0. The topological polar surface area (TPSA) is 81.3 Å². The van der Waals surface area contributed by atoms with Gasteiger partial charge in [0.25, 0.3) is 0 Å². The molecule has 2 aliphatic heterocycles. The van der Waals surface area contributed by atoms with Gasteiger partial charge in [0, 0.05) is 45.0 Å². The molecular weight excluding hydrogens is 390 g/mol. The maximum atomic E-state index is 13.6. The molecule has 0 bridgehead atoms. The fraction of sp³-hybridized carbons (Fsp3) is 0.792.